The molecule has 0 aliphatic carbocycles. The zero-order valence-electron chi connectivity index (χ0n) is 11.0. The minimum Gasteiger partial charge on any atom is -0.361 e. The van der Waals surface area contributed by atoms with E-state index in [-0.39, 0.29) is 5.56 Å². The van der Waals surface area contributed by atoms with Gasteiger partial charge in [-0.2, -0.15) is 0 Å². The van der Waals surface area contributed by atoms with Crippen LogP contribution in [0.2, 0.25) is 0 Å². The molecule has 0 atom stereocenters. The molecular formula is C15H12N4OS. The predicted octanol–water partition coefficient (Wildman–Crippen LogP) is 2.92. The molecule has 0 aliphatic heterocycles. The Hall–Kier alpha value is -2.60. The summed E-state index contributed by atoms with van der Waals surface area (Å²) in [5.74, 6) is 0. The first kappa shape index (κ1) is 12.2. The largest absolute Gasteiger partial charge is 0.361 e. The lowest BCUT2D eigenvalue weighted by molar-refractivity contribution is 0.787. The Balaban J connectivity index is 1.94. The summed E-state index contributed by atoms with van der Waals surface area (Å²) in [6.45, 7) is 0.605. The molecule has 0 saturated carbocycles. The molecule has 3 heterocycles. The Morgan fingerprint density at radius 2 is 2.00 bits per heavy atom. The lowest BCUT2D eigenvalue weighted by Gasteiger charge is -2.08. The summed E-state index contributed by atoms with van der Waals surface area (Å²) < 4.78 is 2.36. The van der Waals surface area contributed by atoms with Crippen molar-refractivity contribution in [1.29, 1.82) is 0 Å². The zero-order valence-corrected chi connectivity index (χ0v) is 11.8. The molecule has 0 amide bonds. The van der Waals surface area contributed by atoms with Crippen LogP contribution in [0.5, 0.6) is 0 Å². The van der Waals surface area contributed by atoms with Crippen molar-refractivity contribution < 1.29 is 0 Å². The summed E-state index contributed by atoms with van der Waals surface area (Å²) in [6, 6.07) is 9.99. The molecule has 0 spiro atoms. The summed E-state index contributed by atoms with van der Waals surface area (Å²) in [7, 11) is 0. The number of benzene rings is 1. The van der Waals surface area contributed by atoms with Gasteiger partial charge in [-0.25, -0.2) is 0 Å². The normalized spacial score (nSPS) is 11.4. The zero-order chi connectivity index (χ0) is 14.4. The SMILES string of the molecule is O=c1[nH]c(=S)n(Cc2c[nH]c3ccccc23)c2cc[nH]c12. The Morgan fingerprint density at radius 3 is 2.90 bits per heavy atom. The number of hydrogen-bond donors (Lipinski definition) is 3. The van der Waals surface area contributed by atoms with Gasteiger partial charge in [0, 0.05) is 23.3 Å². The third kappa shape index (κ3) is 1.84. The number of fused-ring (bicyclic) bond motifs is 2. The number of nitrogens with zero attached hydrogens (tertiary/aromatic N) is 1. The van der Waals surface area contributed by atoms with Gasteiger partial charge < -0.3 is 14.5 Å². The van der Waals surface area contributed by atoms with E-state index < -0.39 is 0 Å². The molecule has 1 aromatic carbocycles. The van der Waals surface area contributed by atoms with Crippen LogP contribution in [0.1, 0.15) is 5.56 Å². The molecule has 0 fully saturated rings. The smallest absolute Gasteiger partial charge is 0.276 e. The van der Waals surface area contributed by atoms with Gasteiger partial charge in [0.15, 0.2) is 4.77 Å². The minimum absolute atomic E-state index is 0.185. The molecule has 104 valence electrons. The van der Waals surface area contributed by atoms with Gasteiger partial charge in [0.1, 0.15) is 5.52 Å². The van der Waals surface area contributed by atoms with Crippen LogP contribution in [-0.4, -0.2) is 19.5 Å². The Morgan fingerprint density at radius 1 is 1.14 bits per heavy atom. The van der Waals surface area contributed by atoms with Crippen LogP contribution in [0, 0.1) is 4.77 Å². The van der Waals surface area contributed by atoms with E-state index in [1.165, 1.54) is 0 Å². The second kappa shape index (κ2) is 4.46. The van der Waals surface area contributed by atoms with Gasteiger partial charge in [-0.05, 0) is 29.9 Å². The summed E-state index contributed by atoms with van der Waals surface area (Å²) in [5, 5.41) is 1.16. The van der Waals surface area contributed by atoms with Crippen LogP contribution in [0.4, 0.5) is 0 Å². The summed E-state index contributed by atoms with van der Waals surface area (Å²) >= 11 is 5.31. The van der Waals surface area contributed by atoms with Crippen molar-refractivity contribution in [1.82, 2.24) is 19.5 Å². The van der Waals surface area contributed by atoms with Crippen molar-refractivity contribution in [3.05, 3.63) is 63.4 Å². The molecule has 0 bridgehead atoms. The number of H-pyrrole nitrogens is 3. The molecule has 0 saturated heterocycles. The number of para-hydroxylation sites is 1. The van der Waals surface area contributed by atoms with Crippen molar-refractivity contribution in [2.45, 2.75) is 6.54 Å². The highest BCUT2D eigenvalue weighted by Crippen LogP contribution is 2.20. The summed E-state index contributed by atoms with van der Waals surface area (Å²) in [4.78, 5) is 20.8. The number of hydrogen-bond acceptors (Lipinski definition) is 2. The maximum atomic E-state index is 11.9. The van der Waals surface area contributed by atoms with Crippen molar-refractivity contribution in [3.8, 4) is 0 Å². The van der Waals surface area contributed by atoms with E-state index in [2.05, 4.69) is 21.0 Å². The highest BCUT2D eigenvalue weighted by atomic mass is 32.1. The molecule has 3 aromatic heterocycles. The maximum Gasteiger partial charge on any atom is 0.276 e. The Kier molecular flexibility index (Phi) is 2.58. The van der Waals surface area contributed by atoms with Crippen molar-refractivity contribution in [3.63, 3.8) is 0 Å². The lowest BCUT2D eigenvalue weighted by Crippen LogP contribution is -2.14. The fourth-order valence-corrected chi connectivity index (χ4v) is 2.95. The highest BCUT2D eigenvalue weighted by molar-refractivity contribution is 7.71. The van der Waals surface area contributed by atoms with E-state index >= 15 is 0 Å². The number of nitrogens with one attached hydrogen (secondary N) is 3. The fourth-order valence-electron chi connectivity index (χ4n) is 2.69. The van der Waals surface area contributed by atoms with Gasteiger partial charge >= 0.3 is 0 Å². The van der Waals surface area contributed by atoms with Gasteiger partial charge in [-0.3, -0.25) is 9.78 Å². The average Bonchev–Trinajstić information content (AvgIpc) is 3.11. The third-order valence-corrected chi connectivity index (χ3v) is 4.03. The second-order valence-electron chi connectivity index (χ2n) is 4.94. The quantitative estimate of drug-likeness (QED) is 0.498. The van der Waals surface area contributed by atoms with Crippen LogP contribution < -0.4 is 5.56 Å². The van der Waals surface area contributed by atoms with E-state index in [0.29, 0.717) is 16.8 Å². The van der Waals surface area contributed by atoms with E-state index in [4.69, 9.17) is 12.2 Å². The number of rotatable bonds is 2. The minimum atomic E-state index is -0.185. The molecule has 4 aromatic rings. The molecule has 0 unspecified atom stereocenters. The van der Waals surface area contributed by atoms with Crippen molar-refractivity contribution in [2.75, 3.05) is 0 Å². The maximum absolute atomic E-state index is 11.9. The average molecular weight is 296 g/mol. The van der Waals surface area contributed by atoms with Gasteiger partial charge in [0.05, 0.1) is 12.1 Å². The molecule has 0 radical (unpaired) electrons. The Bertz CT molecular complexity index is 1070. The number of aromatic amines is 3. The third-order valence-electron chi connectivity index (χ3n) is 3.71. The summed E-state index contributed by atoms with van der Waals surface area (Å²) in [5.41, 5.74) is 3.40. The lowest BCUT2D eigenvalue weighted by atomic mass is 10.2. The van der Waals surface area contributed by atoms with Crippen LogP contribution in [0.15, 0.2) is 47.5 Å². The molecular weight excluding hydrogens is 284 g/mol. The Labute approximate surface area is 124 Å². The van der Waals surface area contributed by atoms with E-state index in [1.54, 1.807) is 6.20 Å². The fraction of sp³-hybridized carbons (Fsp3) is 0.0667. The number of aromatic nitrogens is 4. The molecule has 6 heteroatoms. The van der Waals surface area contributed by atoms with Crippen LogP contribution in [0.25, 0.3) is 21.9 Å². The van der Waals surface area contributed by atoms with Gasteiger partial charge in [0.25, 0.3) is 5.56 Å². The van der Waals surface area contributed by atoms with Crippen LogP contribution in [0.3, 0.4) is 0 Å². The highest BCUT2D eigenvalue weighted by Gasteiger charge is 2.09. The first-order valence-corrected chi connectivity index (χ1v) is 7.00. The molecule has 0 aliphatic rings. The van der Waals surface area contributed by atoms with Crippen molar-refractivity contribution in [2.24, 2.45) is 0 Å². The van der Waals surface area contributed by atoms with Crippen LogP contribution >= 0.6 is 12.2 Å². The predicted molar refractivity (Wildman–Crippen MR) is 85.1 cm³/mol. The topological polar surface area (TPSA) is 69.4 Å². The summed E-state index contributed by atoms with van der Waals surface area (Å²) in [6.07, 6.45) is 3.73. The molecule has 5 nitrogen and oxygen atoms in total. The second-order valence-corrected chi connectivity index (χ2v) is 5.33. The van der Waals surface area contributed by atoms with Gasteiger partial charge in [-0.15, -0.1) is 0 Å². The molecule has 3 N–H and O–H groups in total. The van der Waals surface area contributed by atoms with Crippen molar-refractivity contribution >= 4 is 34.2 Å². The first-order valence-electron chi connectivity index (χ1n) is 6.59. The van der Waals surface area contributed by atoms with E-state index in [0.717, 1.165) is 22.0 Å². The van der Waals surface area contributed by atoms with E-state index in [9.17, 15) is 4.79 Å². The standard InChI is InChI=1S/C15H12N4OS/c20-14-13-12(5-6-16-13)19(15(21)18-14)8-9-7-17-11-4-2-1-3-10(9)11/h1-7,16-17H,8H2,(H,18,20,21). The van der Waals surface area contributed by atoms with Gasteiger partial charge in [0.2, 0.25) is 0 Å². The molecule has 21 heavy (non-hydrogen) atoms. The van der Waals surface area contributed by atoms with E-state index in [1.807, 2.05) is 35.0 Å². The monoisotopic (exact) mass is 296 g/mol. The molecule has 4 rings (SSSR count). The van der Waals surface area contributed by atoms with Gasteiger partial charge in [-0.1, -0.05) is 18.2 Å². The van der Waals surface area contributed by atoms with Crippen LogP contribution in [-0.2, 0) is 6.54 Å². The first-order chi connectivity index (χ1) is 10.2.